The zero-order chi connectivity index (χ0) is 12.3. The van der Waals surface area contributed by atoms with Crippen LogP contribution < -0.4 is 0 Å². The number of rotatable bonds is 2. The average Bonchev–Trinajstić information content (AvgIpc) is 2.30. The number of hydrogen-bond donors (Lipinski definition) is 0. The van der Waals surface area contributed by atoms with Gasteiger partial charge in [0.1, 0.15) is 0 Å². The van der Waals surface area contributed by atoms with Gasteiger partial charge in [0.05, 0.1) is 0 Å². The molecule has 17 heavy (non-hydrogen) atoms. The third-order valence-corrected chi connectivity index (χ3v) is 4.17. The van der Waals surface area contributed by atoms with E-state index >= 15 is 0 Å². The van der Waals surface area contributed by atoms with Crippen LogP contribution in [0.25, 0.3) is 6.08 Å². The Labute approximate surface area is 110 Å². The standard InChI is InChI=1S/C16H21Cl/c1-12-5-3-4-6-14(12)7-8-15-9-10-16(17)11-13(15)2/h7-12,14H,3-6H2,1-2H3/b8-7-. The van der Waals surface area contributed by atoms with Gasteiger partial charge in [0.15, 0.2) is 0 Å². The molecule has 0 nitrogen and oxygen atoms in total. The molecule has 0 bridgehead atoms. The maximum Gasteiger partial charge on any atom is 0.0409 e. The summed E-state index contributed by atoms with van der Waals surface area (Å²) in [5.74, 6) is 1.60. The number of hydrogen-bond acceptors (Lipinski definition) is 0. The highest BCUT2D eigenvalue weighted by atomic mass is 35.5. The largest absolute Gasteiger partial charge is 0.0843 e. The molecule has 92 valence electrons. The van der Waals surface area contributed by atoms with E-state index < -0.39 is 0 Å². The highest BCUT2D eigenvalue weighted by molar-refractivity contribution is 6.30. The molecule has 0 aliphatic heterocycles. The molecule has 0 amide bonds. The van der Waals surface area contributed by atoms with Crippen molar-refractivity contribution in [2.45, 2.75) is 39.5 Å². The van der Waals surface area contributed by atoms with E-state index in [0.29, 0.717) is 0 Å². The number of benzene rings is 1. The second-order valence-corrected chi connectivity index (χ2v) is 5.72. The molecule has 2 rings (SSSR count). The first-order valence-electron chi connectivity index (χ1n) is 6.61. The van der Waals surface area contributed by atoms with Gasteiger partial charge in [0.25, 0.3) is 0 Å². The molecule has 1 aromatic rings. The first kappa shape index (κ1) is 12.7. The average molecular weight is 249 g/mol. The Balaban J connectivity index is 2.08. The molecule has 1 saturated carbocycles. The summed E-state index contributed by atoms with van der Waals surface area (Å²) in [7, 11) is 0. The number of aryl methyl sites for hydroxylation is 1. The van der Waals surface area contributed by atoms with Crippen LogP contribution in [0, 0.1) is 18.8 Å². The van der Waals surface area contributed by atoms with Gasteiger partial charge in [-0.2, -0.15) is 0 Å². The van der Waals surface area contributed by atoms with Crippen LogP contribution in [0.5, 0.6) is 0 Å². The lowest BCUT2D eigenvalue weighted by atomic mass is 9.80. The molecule has 2 atom stereocenters. The summed E-state index contributed by atoms with van der Waals surface area (Å²) in [5, 5.41) is 0.825. The van der Waals surface area contributed by atoms with Gasteiger partial charge in [-0.15, -0.1) is 0 Å². The maximum absolute atomic E-state index is 5.96. The highest BCUT2D eigenvalue weighted by Gasteiger charge is 2.18. The predicted octanol–water partition coefficient (Wildman–Crippen LogP) is 5.49. The lowest BCUT2D eigenvalue weighted by Crippen LogP contribution is -2.14. The van der Waals surface area contributed by atoms with Gasteiger partial charge in [-0.25, -0.2) is 0 Å². The van der Waals surface area contributed by atoms with Gasteiger partial charge < -0.3 is 0 Å². The van der Waals surface area contributed by atoms with Gasteiger partial charge in [-0.1, -0.05) is 56.0 Å². The van der Waals surface area contributed by atoms with Crippen molar-refractivity contribution < 1.29 is 0 Å². The minimum absolute atomic E-state index is 0.763. The molecule has 2 unspecified atom stereocenters. The second kappa shape index (κ2) is 5.73. The molecular weight excluding hydrogens is 228 g/mol. The molecule has 0 N–H and O–H groups in total. The summed E-state index contributed by atoms with van der Waals surface area (Å²) >= 11 is 5.96. The van der Waals surface area contributed by atoms with E-state index in [0.717, 1.165) is 16.9 Å². The van der Waals surface area contributed by atoms with Crippen LogP contribution in [-0.2, 0) is 0 Å². The summed E-state index contributed by atoms with van der Waals surface area (Å²) < 4.78 is 0. The van der Waals surface area contributed by atoms with Gasteiger partial charge in [0.2, 0.25) is 0 Å². The van der Waals surface area contributed by atoms with E-state index in [9.17, 15) is 0 Å². The van der Waals surface area contributed by atoms with Crippen molar-refractivity contribution in [2.75, 3.05) is 0 Å². The Morgan fingerprint density at radius 2 is 2.00 bits per heavy atom. The van der Waals surface area contributed by atoms with Crippen molar-refractivity contribution in [3.63, 3.8) is 0 Å². The van der Waals surface area contributed by atoms with Crippen molar-refractivity contribution in [1.29, 1.82) is 0 Å². The smallest absolute Gasteiger partial charge is 0.0409 e. The molecule has 1 aliphatic carbocycles. The second-order valence-electron chi connectivity index (χ2n) is 5.29. The van der Waals surface area contributed by atoms with Crippen LogP contribution in [0.2, 0.25) is 5.02 Å². The molecule has 0 saturated heterocycles. The van der Waals surface area contributed by atoms with Crippen molar-refractivity contribution in [1.82, 2.24) is 0 Å². The fourth-order valence-corrected chi connectivity index (χ4v) is 2.91. The first-order valence-corrected chi connectivity index (χ1v) is 6.99. The lowest BCUT2D eigenvalue weighted by molar-refractivity contribution is 0.307. The summed E-state index contributed by atoms with van der Waals surface area (Å²) in [5.41, 5.74) is 2.56. The summed E-state index contributed by atoms with van der Waals surface area (Å²) in [4.78, 5) is 0. The van der Waals surface area contributed by atoms with E-state index in [1.165, 1.54) is 36.8 Å². The van der Waals surface area contributed by atoms with Crippen molar-refractivity contribution >= 4 is 17.7 Å². The fraction of sp³-hybridized carbons (Fsp3) is 0.500. The quantitative estimate of drug-likeness (QED) is 0.649. The summed E-state index contributed by atoms with van der Waals surface area (Å²) in [6, 6.07) is 6.12. The SMILES string of the molecule is Cc1cc(Cl)ccc1/C=C\C1CCCCC1C. The number of allylic oxidation sites excluding steroid dienone is 1. The molecule has 0 aromatic heterocycles. The molecule has 0 radical (unpaired) electrons. The predicted molar refractivity (Wildman–Crippen MR) is 76.3 cm³/mol. The van der Waals surface area contributed by atoms with Crippen LogP contribution in [0.1, 0.15) is 43.7 Å². The zero-order valence-corrected chi connectivity index (χ0v) is 11.5. The molecular formula is C16H21Cl. The minimum atomic E-state index is 0.763. The minimum Gasteiger partial charge on any atom is -0.0843 e. The number of halogens is 1. The van der Waals surface area contributed by atoms with Crippen LogP contribution in [0.4, 0.5) is 0 Å². The lowest BCUT2D eigenvalue weighted by Gasteiger charge is -2.26. The third-order valence-electron chi connectivity index (χ3n) is 3.93. The topological polar surface area (TPSA) is 0 Å². The molecule has 1 fully saturated rings. The van der Waals surface area contributed by atoms with E-state index in [4.69, 9.17) is 11.6 Å². The van der Waals surface area contributed by atoms with Crippen LogP contribution >= 0.6 is 11.6 Å². The van der Waals surface area contributed by atoms with Crippen LogP contribution in [0.15, 0.2) is 24.3 Å². The molecule has 1 aliphatic rings. The Kier molecular flexibility index (Phi) is 4.28. The molecule has 0 spiro atoms. The molecule has 1 aromatic carbocycles. The van der Waals surface area contributed by atoms with Gasteiger partial charge in [-0.3, -0.25) is 0 Å². The molecule has 1 heteroatoms. The summed E-state index contributed by atoms with van der Waals surface area (Å²) in [6.07, 6.45) is 10.2. The van der Waals surface area contributed by atoms with Crippen molar-refractivity contribution in [2.24, 2.45) is 11.8 Å². The van der Waals surface area contributed by atoms with E-state index in [1.807, 2.05) is 12.1 Å². The summed E-state index contributed by atoms with van der Waals surface area (Å²) in [6.45, 7) is 4.50. The monoisotopic (exact) mass is 248 g/mol. The van der Waals surface area contributed by atoms with Crippen molar-refractivity contribution in [3.05, 3.63) is 40.4 Å². The van der Waals surface area contributed by atoms with Gasteiger partial charge in [0, 0.05) is 5.02 Å². The van der Waals surface area contributed by atoms with Gasteiger partial charge >= 0.3 is 0 Å². The Morgan fingerprint density at radius 1 is 1.24 bits per heavy atom. The normalized spacial score (nSPS) is 25.4. The third kappa shape index (κ3) is 3.35. The maximum atomic E-state index is 5.96. The van der Waals surface area contributed by atoms with E-state index in [1.54, 1.807) is 0 Å². The molecule has 0 heterocycles. The fourth-order valence-electron chi connectivity index (χ4n) is 2.68. The van der Waals surface area contributed by atoms with E-state index in [2.05, 4.69) is 32.1 Å². The Hall–Kier alpha value is -0.750. The van der Waals surface area contributed by atoms with Crippen molar-refractivity contribution in [3.8, 4) is 0 Å². The van der Waals surface area contributed by atoms with Gasteiger partial charge in [-0.05, 0) is 48.4 Å². The highest BCUT2D eigenvalue weighted by Crippen LogP contribution is 2.31. The van der Waals surface area contributed by atoms with E-state index in [-0.39, 0.29) is 0 Å². The Morgan fingerprint density at radius 3 is 2.71 bits per heavy atom. The Bertz CT molecular complexity index is 406. The first-order chi connectivity index (χ1) is 8.16. The zero-order valence-electron chi connectivity index (χ0n) is 10.7. The van der Waals surface area contributed by atoms with Crippen LogP contribution in [0.3, 0.4) is 0 Å². The van der Waals surface area contributed by atoms with Crippen LogP contribution in [-0.4, -0.2) is 0 Å².